The summed E-state index contributed by atoms with van der Waals surface area (Å²) >= 11 is 1.65. The van der Waals surface area contributed by atoms with E-state index in [9.17, 15) is 4.79 Å². The van der Waals surface area contributed by atoms with Crippen molar-refractivity contribution in [3.8, 4) is 16.1 Å². The Morgan fingerprint density at radius 2 is 1.88 bits per heavy atom. The standard InChI is InChI=1S/C21H21N3OS/c1-14-19-17(24(22-14)16-7-3-2-4-8-16)10-9-15-13-18(26-20(15)19)21(25)23-11-5-6-12-23/h2-4,7-8,13H,5-6,9-12H2,1H3. The molecule has 5 heteroatoms. The normalized spacial score (nSPS) is 15.8. The van der Waals surface area contributed by atoms with Crippen molar-refractivity contribution in [2.75, 3.05) is 13.1 Å². The number of thiophene rings is 1. The van der Waals surface area contributed by atoms with Gasteiger partial charge in [0, 0.05) is 23.5 Å². The van der Waals surface area contributed by atoms with Crippen LogP contribution >= 0.6 is 11.3 Å². The van der Waals surface area contributed by atoms with Gasteiger partial charge < -0.3 is 4.90 Å². The van der Waals surface area contributed by atoms with E-state index in [0.717, 1.165) is 55.0 Å². The average Bonchev–Trinajstić information content (AvgIpc) is 3.40. The van der Waals surface area contributed by atoms with Gasteiger partial charge in [0.25, 0.3) is 5.91 Å². The molecule has 1 amide bonds. The second kappa shape index (κ2) is 6.09. The van der Waals surface area contributed by atoms with Crippen LogP contribution in [-0.4, -0.2) is 33.7 Å². The number of aryl methyl sites for hydroxylation is 2. The number of fused-ring (bicyclic) bond motifs is 3. The molecule has 3 heterocycles. The molecular weight excluding hydrogens is 342 g/mol. The predicted molar refractivity (Wildman–Crippen MR) is 104 cm³/mol. The first-order chi connectivity index (χ1) is 12.7. The van der Waals surface area contributed by atoms with E-state index in [4.69, 9.17) is 5.10 Å². The minimum atomic E-state index is 0.205. The minimum absolute atomic E-state index is 0.205. The second-order valence-electron chi connectivity index (χ2n) is 7.12. The Bertz CT molecular complexity index is 980. The summed E-state index contributed by atoms with van der Waals surface area (Å²) in [5.74, 6) is 0.205. The summed E-state index contributed by atoms with van der Waals surface area (Å²) in [6, 6.07) is 12.4. The highest BCUT2D eigenvalue weighted by Crippen LogP contribution is 2.42. The fourth-order valence-electron chi connectivity index (χ4n) is 4.14. The molecule has 2 aromatic heterocycles. The fourth-order valence-corrected chi connectivity index (χ4v) is 5.44. The van der Waals surface area contributed by atoms with Gasteiger partial charge in [0.1, 0.15) is 0 Å². The van der Waals surface area contributed by atoms with Crippen LogP contribution < -0.4 is 0 Å². The van der Waals surface area contributed by atoms with E-state index < -0.39 is 0 Å². The van der Waals surface area contributed by atoms with Crippen molar-refractivity contribution in [1.29, 1.82) is 0 Å². The van der Waals surface area contributed by atoms with Crippen LogP contribution in [0.5, 0.6) is 0 Å². The van der Waals surface area contributed by atoms with Gasteiger partial charge >= 0.3 is 0 Å². The number of likely N-dealkylation sites (tertiary alicyclic amines) is 1. The SMILES string of the molecule is Cc1nn(-c2ccccc2)c2c1-c1sc(C(=O)N3CCCC3)cc1CC2. The summed E-state index contributed by atoms with van der Waals surface area (Å²) in [5, 5.41) is 4.82. The highest BCUT2D eigenvalue weighted by Gasteiger charge is 2.29. The van der Waals surface area contributed by atoms with Crippen LogP contribution in [0.4, 0.5) is 0 Å². The highest BCUT2D eigenvalue weighted by atomic mass is 32.1. The molecule has 1 fully saturated rings. The van der Waals surface area contributed by atoms with Crippen molar-refractivity contribution in [2.24, 2.45) is 0 Å². The van der Waals surface area contributed by atoms with E-state index in [2.05, 4.69) is 29.8 Å². The van der Waals surface area contributed by atoms with Crippen LogP contribution in [0.25, 0.3) is 16.1 Å². The van der Waals surface area contributed by atoms with Crippen molar-refractivity contribution in [3.63, 3.8) is 0 Å². The maximum Gasteiger partial charge on any atom is 0.263 e. The number of para-hydroxylation sites is 1. The summed E-state index contributed by atoms with van der Waals surface area (Å²) < 4.78 is 2.08. The van der Waals surface area contributed by atoms with E-state index in [1.807, 2.05) is 23.1 Å². The lowest BCUT2D eigenvalue weighted by Crippen LogP contribution is -2.26. The Labute approximate surface area is 157 Å². The first-order valence-electron chi connectivity index (χ1n) is 9.28. The molecule has 1 aliphatic heterocycles. The molecule has 1 aliphatic carbocycles. The zero-order chi connectivity index (χ0) is 17.7. The molecule has 0 unspecified atom stereocenters. The van der Waals surface area contributed by atoms with Crippen molar-refractivity contribution in [2.45, 2.75) is 32.6 Å². The van der Waals surface area contributed by atoms with Crippen molar-refractivity contribution < 1.29 is 4.79 Å². The average molecular weight is 363 g/mol. The van der Waals surface area contributed by atoms with E-state index in [-0.39, 0.29) is 5.91 Å². The lowest BCUT2D eigenvalue weighted by atomic mass is 9.95. The Morgan fingerprint density at radius 1 is 1.12 bits per heavy atom. The van der Waals surface area contributed by atoms with E-state index >= 15 is 0 Å². The topological polar surface area (TPSA) is 38.1 Å². The molecule has 4 nitrogen and oxygen atoms in total. The first-order valence-corrected chi connectivity index (χ1v) is 10.1. The van der Waals surface area contributed by atoms with Gasteiger partial charge in [-0.25, -0.2) is 4.68 Å². The summed E-state index contributed by atoms with van der Waals surface area (Å²) in [7, 11) is 0. The molecule has 132 valence electrons. The molecule has 5 rings (SSSR count). The predicted octanol–water partition coefficient (Wildman–Crippen LogP) is 4.24. The van der Waals surface area contributed by atoms with Crippen LogP contribution in [0.1, 0.15) is 39.5 Å². The monoisotopic (exact) mass is 363 g/mol. The summed E-state index contributed by atoms with van der Waals surface area (Å²) in [6.07, 6.45) is 4.20. The third-order valence-electron chi connectivity index (χ3n) is 5.43. The van der Waals surface area contributed by atoms with E-state index in [1.54, 1.807) is 11.3 Å². The molecular formula is C21H21N3OS. The number of carbonyl (C=O) groups is 1. The lowest BCUT2D eigenvalue weighted by molar-refractivity contribution is 0.0797. The number of nitrogens with zero attached hydrogens (tertiary/aromatic N) is 3. The van der Waals surface area contributed by atoms with Crippen LogP contribution in [0.3, 0.4) is 0 Å². The van der Waals surface area contributed by atoms with Gasteiger partial charge in [0.2, 0.25) is 0 Å². The third kappa shape index (κ3) is 2.42. The Morgan fingerprint density at radius 3 is 2.65 bits per heavy atom. The van der Waals surface area contributed by atoms with Crippen LogP contribution in [0, 0.1) is 6.92 Å². The molecule has 0 bridgehead atoms. The third-order valence-corrected chi connectivity index (χ3v) is 6.61. The van der Waals surface area contributed by atoms with E-state index in [0.29, 0.717) is 0 Å². The molecule has 1 saturated heterocycles. The summed E-state index contributed by atoms with van der Waals surface area (Å²) in [4.78, 5) is 16.9. The smallest absolute Gasteiger partial charge is 0.263 e. The Balaban J connectivity index is 1.58. The zero-order valence-corrected chi connectivity index (χ0v) is 15.7. The van der Waals surface area contributed by atoms with Crippen molar-refractivity contribution in [1.82, 2.24) is 14.7 Å². The number of benzene rings is 1. The Hall–Kier alpha value is -2.40. The number of carbonyl (C=O) groups excluding carboxylic acids is 1. The maximum atomic E-state index is 12.8. The van der Waals surface area contributed by atoms with Gasteiger partial charge in [-0.1, -0.05) is 18.2 Å². The molecule has 0 spiro atoms. The first kappa shape index (κ1) is 15.8. The van der Waals surface area contributed by atoms with E-state index in [1.165, 1.54) is 21.7 Å². The summed E-state index contributed by atoms with van der Waals surface area (Å²) in [6.45, 7) is 3.88. The van der Waals surface area contributed by atoms with Gasteiger partial charge in [0.15, 0.2) is 0 Å². The molecule has 0 N–H and O–H groups in total. The van der Waals surface area contributed by atoms with Crippen LogP contribution in [-0.2, 0) is 12.8 Å². The fraction of sp³-hybridized carbons (Fsp3) is 0.333. The quantitative estimate of drug-likeness (QED) is 0.683. The lowest BCUT2D eigenvalue weighted by Gasteiger charge is -2.14. The number of amides is 1. The number of rotatable bonds is 2. The maximum absolute atomic E-state index is 12.8. The number of hydrogen-bond acceptors (Lipinski definition) is 3. The molecule has 3 aromatic rings. The molecule has 0 saturated carbocycles. The number of hydrogen-bond donors (Lipinski definition) is 0. The highest BCUT2D eigenvalue weighted by molar-refractivity contribution is 7.17. The molecule has 26 heavy (non-hydrogen) atoms. The van der Waals surface area contributed by atoms with Crippen molar-refractivity contribution >= 4 is 17.2 Å². The van der Waals surface area contributed by atoms with Gasteiger partial charge in [-0.3, -0.25) is 4.79 Å². The Kier molecular flexibility index (Phi) is 3.71. The summed E-state index contributed by atoms with van der Waals surface area (Å²) in [5.41, 5.74) is 5.96. The van der Waals surface area contributed by atoms with Gasteiger partial charge in [-0.05, 0) is 56.4 Å². The van der Waals surface area contributed by atoms with Gasteiger partial charge in [-0.15, -0.1) is 11.3 Å². The van der Waals surface area contributed by atoms with Crippen LogP contribution in [0.15, 0.2) is 36.4 Å². The minimum Gasteiger partial charge on any atom is -0.338 e. The van der Waals surface area contributed by atoms with Gasteiger partial charge in [0.05, 0.1) is 22.0 Å². The largest absolute Gasteiger partial charge is 0.338 e. The van der Waals surface area contributed by atoms with Gasteiger partial charge in [-0.2, -0.15) is 5.10 Å². The van der Waals surface area contributed by atoms with Crippen LogP contribution in [0.2, 0.25) is 0 Å². The second-order valence-corrected chi connectivity index (χ2v) is 8.17. The van der Waals surface area contributed by atoms with Crippen molar-refractivity contribution in [3.05, 3.63) is 58.2 Å². The molecule has 2 aliphatic rings. The number of aromatic nitrogens is 2. The molecule has 0 radical (unpaired) electrons. The molecule has 1 aromatic carbocycles. The molecule has 0 atom stereocenters. The zero-order valence-electron chi connectivity index (χ0n) is 14.9.